The van der Waals surface area contributed by atoms with Gasteiger partial charge in [0.2, 0.25) is 0 Å². The van der Waals surface area contributed by atoms with E-state index in [1.165, 1.54) is 0 Å². The van der Waals surface area contributed by atoms with Crippen LogP contribution in [0.15, 0.2) is 0 Å². The second kappa shape index (κ2) is 17.3. The molecule has 11 heteroatoms. The van der Waals surface area contributed by atoms with Crippen LogP contribution in [-0.2, 0) is 24.5 Å². The molecule has 0 aromatic rings. The molecule has 0 atom stereocenters. The molecular weight excluding hydrogens is 579 g/mol. The molecule has 2 rings (SSSR count). The summed E-state index contributed by atoms with van der Waals surface area (Å²) < 4.78 is 46.0. The number of hydrogen-bond donors (Lipinski definition) is 1. The van der Waals surface area contributed by atoms with Gasteiger partial charge in [-0.2, -0.15) is 0 Å². The van der Waals surface area contributed by atoms with Gasteiger partial charge in [-0.05, 0) is 111 Å². The van der Waals surface area contributed by atoms with Gasteiger partial charge in [0.1, 0.15) is 6.29 Å². The molecule has 2 saturated carbocycles. The molecule has 0 heterocycles. The SMILES string of the molecule is C.CC(C)(C)S(=O)(=O)CC1CCC(C=O)CC1.CC(C)(C)S(=O)(=O)CC1CCC(CO)CC1.ClC(Cl)Cl. The van der Waals surface area contributed by atoms with E-state index in [9.17, 15) is 21.6 Å². The number of aliphatic hydroxyl groups is 1. The van der Waals surface area contributed by atoms with Gasteiger partial charge in [-0.3, -0.25) is 0 Å². The van der Waals surface area contributed by atoms with Crippen molar-refractivity contribution in [2.24, 2.45) is 23.7 Å². The standard InChI is InChI=1S/C12H24O3S.C12H22O3S.CHCl3.CH4/c2*1-12(2,3)16(14,15)9-11-6-4-10(8-13)5-7-11;2-1(3)4;/h10-11,13H,4-9H2,1-3H3;8,10-11H,4-7,9H2,1-3H3;1H;1H4. The van der Waals surface area contributed by atoms with E-state index >= 15 is 0 Å². The van der Waals surface area contributed by atoms with E-state index in [-0.39, 0.29) is 31.6 Å². The number of hydrogen-bond acceptors (Lipinski definition) is 6. The Kier molecular flexibility index (Phi) is 18.5. The molecule has 224 valence electrons. The quantitative estimate of drug-likeness (QED) is 0.255. The Hall–Kier alpha value is 0.400. The zero-order valence-electron chi connectivity index (χ0n) is 22.7. The number of carbonyl (C=O) groups excluding carboxylic acids is 1. The van der Waals surface area contributed by atoms with Gasteiger partial charge in [-0.25, -0.2) is 16.8 Å². The number of aldehydes is 1. The smallest absolute Gasteiger partial charge is 0.180 e. The fraction of sp³-hybridized carbons (Fsp3) is 0.962. The number of sulfone groups is 2. The Labute approximate surface area is 242 Å². The summed E-state index contributed by atoms with van der Waals surface area (Å²) in [5, 5.41) is 9.02. The van der Waals surface area contributed by atoms with E-state index < -0.39 is 33.5 Å². The molecule has 0 aliphatic heterocycles. The van der Waals surface area contributed by atoms with Crippen molar-refractivity contribution in [1.82, 2.24) is 0 Å². The van der Waals surface area contributed by atoms with Crippen molar-refractivity contribution >= 4 is 60.8 Å². The third kappa shape index (κ3) is 15.7. The topological polar surface area (TPSA) is 106 Å². The molecule has 0 aromatic heterocycles. The van der Waals surface area contributed by atoms with E-state index in [1.807, 2.05) is 0 Å². The van der Waals surface area contributed by atoms with Crippen molar-refractivity contribution in [3.63, 3.8) is 0 Å². The van der Waals surface area contributed by atoms with Gasteiger partial charge in [0, 0.05) is 12.5 Å². The summed E-state index contributed by atoms with van der Waals surface area (Å²) in [6.07, 6.45) is 8.30. The molecule has 2 aliphatic rings. The van der Waals surface area contributed by atoms with Crippen molar-refractivity contribution in [1.29, 1.82) is 0 Å². The predicted molar refractivity (Wildman–Crippen MR) is 159 cm³/mol. The summed E-state index contributed by atoms with van der Waals surface area (Å²) in [7, 11) is -5.99. The minimum Gasteiger partial charge on any atom is -0.396 e. The van der Waals surface area contributed by atoms with Gasteiger partial charge in [-0.15, -0.1) is 0 Å². The zero-order valence-corrected chi connectivity index (χ0v) is 26.6. The Morgan fingerprint density at radius 3 is 1.22 bits per heavy atom. The largest absolute Gasteiger partial charge is 0.396 e. The minimum atomic E-state index is -3.01. The second-order valence-corrected chi connectivity index (χ2v) is 19.6. The van der Waals surface area contributed by atoms with Crippen LogP contribution in [-0.4, -0.2) is 60.1 Å². The highest BCUT2D eigenvalue weighted by molar-refractivity contribution is 7.93. The normalized spacial score (nSPS) is 25.1. The average Bonchev–Trinajstić information content (AvgIpc) is 2.73. The lowest BCUT2D eigenvalue weighted by molar-refractivity contribution is -0.112. The third-order valence-corrected chi connectivity index (χ3v) is 12.6. The summed E-state index contributed by atoms with van der Waals surface area (Å²) in [6, 6.07) is 0. The lowest BCUT2D eigenvalue weighted by atomic mass is 9.83. The maximum atomic E-state index is 12.0. The molecular formula is C26H51Cl3O6S2. The lowest BCUT2D eigenvalue weighted by Gasteiger charge is -2.29. The van der Waals surface area contributed by atoms with E-state index in [0.717, 1.165) is 57.7 Å². The fourth-order valence-electron chi connectivity index (χ4n) is 4.19. The number of halogens is 3. The summed E-state index contributed by atoms with van der Waals surface area (Å²) in [5.41, 5.74) is 0. The molecule has 37 heavy (non-hydrogen) atoms. The van der Waals surface area contributed by atoms with Gasteiger partial charge in [0.25, 0.3) is 0 Å². The summed E-state index contributed by atoms with van der Waals surface area (Å²) in [4.78, 5) is 10.6. The number of carbonyl (C=O) groups is 1. The minimum absolute atomic E-state index is 0. The molecule has 0 unspecified atom stereocenters. The van der Waals surface area contributed by atoms with E-state index in [4.69, 9.17) is 39.9 Å². The van der Waals surface area contributed by atoms with E-state index in [0.29, 0.717) is 17.6 Å². The molecule has 6 nitrogen and oxygen atoms in total. The highest BCUT2D eigenvalue weighted by atomic mass is 35.6. The molecule has 0 bridgehead atoms. The van der Waals surface area contributed by atoms with Crippen molar-refractivity contribution in [2.45, 2.75) is 114 Å². The Balaban J connectivity index is 0. The van der Waals surface area contributed by atoms with Gasteiger partial charge < -0.3 is 9.90 Å². The summed E-state index contributed by atoms with van der Waals surface area (Å²) >= 11 is 14.4. The van der Waals surface area contributed by atoms with Crippen LogP contribution < -0.4 is 0 Å². The Morgan fingerprint density at radius 1 is 0.703 bits per heavy atom. The van der Waals surface area contributed by atoms with E-state index in [2.05, 4.69) is 0 Å². The zero-order chi connectivity index (χ0) is 28.4. The second-order valence-electron chi connectivity index (χ2n) is 12.0. The Bertz CT molecular complexity index is 828. The third-order valence-electron chi connectivity index (χ3n) is 7.08. The first-order chi connectivity index (χ1) is 16.3. The average molecular weight is 630 g/mol. The number of rotatable bonds is 6. The molecule has 2 aliphatic carbocycles. The van der Waals surface area contributed by atoms with Gasteiger partial charge in [0.15, 0.2) is 24.0 Å². The molecule has 2 fully saturated rings. The summed E-state index contributed by atoms with van der Waals surface area (Å²) in [5.74, 6) is 1.70. The summed E-state index contributed by atoms with van der Waals surface area (Å²) in [6.45, 7) is 10.8. The fourth-order valence-corrected chi connectivity index (χ4v) is 7.10. The Morgan fingerprint density at radius 2 is 0.973 bits per heavy atom. The number of alkyl halides is 3. The monoisotopic (exact) mass is 628 g/mol. The molecule has 0 aromatic carbocycles. The van der Waals surface area contributed by atoms with Crippen LogP contribution >= 0.6 is 34.8 Å². The molecule has 0 radical (unpaired) electrons. The molecule has 1 N–H and O–H groups in total. The van der Waals surface area contributed by atoms with Crippen LogP contribution in [0, 0.1) is 23.7 Å². The first-order valence-electron chi connectivity index (χ1n) is 12.7. The first kappa shape index (κ1) is 39.5. The lowest BCUT2D eigenvalue weighted by Crippen LogP contribution is -2.34. The van der Waals surface area contributed by atoms with Crippen molar-refractivity contribution in [3.8, 4) is 0 Å². The van der Waals surface area contributed by atoms with Crippen LogP contribution in [0.3, 0.4) is 0 Å². The molecule has 0 saturated heterocycles. The van der Waals surface area contributed by atoms with Crippen molar-refractivity contribution in [2.75, 3.05) is 18.1 Å². The van der Waals surface area contributed by atoms with Gasteiger partial charge >= 0.3 is 0 Å². The van der Waals surface area contributed by atoms with Crippen molar-refractivity contribution in [3.05, 3.63) is 0 Å². The van der Waals surface area contributed by atoms with Crippen LogP contribution in [0.1, 0.15) is 100 Å². The van der Waals surface area contributed by atoms with Crippen LogP contribution in [0.5, 0.6) is 0 Å². The van der Waals surface area contributed by atoms with Crippen LogP contribution in [0.25, 0.3) is 0 Å². The van der Waals surface area contributed by atoms with Crippen molar-refractivity contribution < 1.29 is 26.7 Å². The van der Waals surface area contributed by atoms with Crippen LogP contribution in [0.2, 0.25) is 0 Å². The van der Waals surface area contributed by atoms with Gasteiger partial charge in [0.05, 0.1) is 21.0 Å². The molecule has 0 amide bonds. The van der Waals surface area contributed by atoms with Gasteiger partial charge in [-0.1, -0.05) is 42.2 Å². The highest BCUT2D eigenvalue weighted by Gasteiger charge is 2.34. The maximum Gasteiger partial charge on any atom is 0.180 e. The van der Waals surface area contributed by atoms with E-state index in [1.54, 1.807) is 41.5 Å². The highest BCUT2D eigenvalue weighted by Crippen LogP contribution is 2.32. The first-order valence-corrected chi connectivity index (χ1v) is 17.3. The number of aliphatic hydroxyl groups excluding tert-OH is 1. The predicted octanol–water partition coefficient (Wildman–Crippen LogP) is 6.83. The molecule has 0 spiro atoms. The van der Waals surface area contributed by atoms with Crippen LogP contribution in [0.4, 0.5) is 0 Å². The maximum absolute atomic E-state index is 12.0.